The lowest BCUT2D eigenvalue weighted by molar-refractivity contribution is -0.144. The molecule has 0 aliphatic heterocycles. The number of ether oxygens (including phenoxy) is 2. The van der Waals surface area contributed by atoms with Gasteiger partial charge >= 0.3 is 11.9 Å². The Kier molecular flexibility index (Phi) is 4.90. The number of esters is 2. The van der Waals surface area contributed by atoms with E-state index in [1.54, 1.807) is 0 Å². The van der Waals surface area contributed by atoms with Gasteiger partial charge < -0.3 is 25.6 Å². The monoisotopic (exact) mass is 282 g/mol. The van der Waals surface area contributed by atoms with Gasteiger partial charge in [-0.05, 0) is 12.1 Å². The summed E-state index contributed by atoms with van der Waals surface area (Å²) in [5.41, 5.74) is 5.35. The molecule has 0 aliphatic rings. The van der Waals surface area contributed by atoms with Crippen LogP contribution in [-0.4, -0.2) is 36.7 Å². The largest absolute Gasteiger partial charge is 0.505 e. The number of rotatable bonds is 4. The van der Waals surface area contributed by atoms with Crippen molar-refractivity contribution >= 4 is 29.2 Å². The van der Waals surface area contributed by atoms with Gasteiger partial charge in [-0.1, -0.05) is 0 Å². The summed E-state index contributed by atoms with van der Waals surface area (Å²) in [5, 5.41) is 12.1. The van der Waals surface area contributed by atoms with Gasteiger partial charge in [-0.3, -0.25) is 9.59 Å². The van der Waals surface area contributed by atoms with Gasteiger partial charge in [0.2, 0.25) is 0 Å². The Hall–Kier alpha value is -2.77. The zero-order chi connectivity index (χ0) is 15.3. The highest BCUT2D eigenvalue weighted by atomic mass is 16.5. The molecule has 0 saturated heterocycles. The van der Waals surface area contributed by atoms with E-state index >= 15 is 0 Å². The second-order valence-electron chi connectivity index (χ2n) is 3.75. The SMILES string of the molecule is COC(=O)c1ccc(N)c(NC(=O)COC(C)=O)c1O. The number of phenols is 1. The molecule has 0 bridgehead atoms. The summed E-state index contributed by atoms with van der Waals surface area (Å²) in [6.07, 6.45) is 0. The van der Waals surface area contributed by atoms with E-state index in [2.05, 4.69) is 14.8 Å². The van der Waals surface area contributed by atoms with Crippen molar-refractivity contribution in [2.45, 2.75) is 6.92 Å². The van der Waals surface area contributed by atoms with Crippen LogP contribution in [0.4, 0.5) is 11.4 Å². The molecule has 108 valence electrons. The highest BCUT2D eigenvalue weighted by Crippen LogP contribution is 2.33. The van der Waals surface area contributed by atoms with E-state index in [1.807, 2.05) is 0 Å². The number of aromatic hydroxyl groups is 1. The number of anilines is 2. The molecule has 1 rings (SSSR count). The van der Waals surface area contributed by atoms with Crippen molar-refractivity contribution in [1.82, 2.24) is 0 Å². The van der Waals surface area contributed by atoms with Crippen molar-refractivity contribution < 1.29 is 29.0 Å². The molecule has 1 aromatic rings. The molecule has 0 atom stereocenters. The van der Waals surface area contributed by atoms with Crippen LogP contribution in [0.15, 0.2) is 12.1 Å². The third-order valence-corrected chi connectivity index (χ3v) is 2.29. The normalized spacial score (nSPS) is 9.70. The first-order valence-electron chi connectivity index (χ1n) is 5.49. The second kappa shape index (κ2) is 6.41. The fraction of sp³-hybridized carbons (Fsp3) is 0.250. The van der Waals surface area contributed by atoms with Gasteiger partial charge in [0, 0.05) is 6.92 Å². The van der Waals surface area contributed by atoms with Gasteiger partial charge in [0.15, 0.2) is 12.4 Å². The fourth-order valence-electron chi connectivity index (χ4n) is 1.36. The average molecular weight is 282 g/mol. The van der Waals surface area contributed by atoms with Gasteiger partial charge in [-0.25, -0.2) is 4.79 Å². The van der Waals surface area contributed by atoms with Gasteiger partial charge in [0.05, 0.1) is 12.8 Å². The lowest BCUT2D eigenvalue weighted by Crippen LogP contribution is -2.21. The zero-order valence-corrected chi connectivity index (χ0v) is 10.9. The minimum absolute atomic E-state index is 0.0475. The lowest BCUT2D eigenvalue weighted by atomic mass is 10.1. The van der Waals surface area contributed by atoms with Crippen LogP contribution in [0, 0.1) is 0 Å². The molecule has 4 N–H and O–H groups in total. The molecule has 0 heterocycles. The zero-order valence-electron chi connectivity index (χ0n) is 10.9. The molecule has 0 aromatic heterocycles. The number of carbonyl (C=O) groups is 3. The van der Waals surface area contributed by atoms with Crippen molar-refractivity contribution in [1.29, 1.82) is 0 Å². The number of amides is 1. The first kappa shape index (κ1) is 15.3. The van der Waals surface area contributed by atoms with Crippen molar-refractivity contribution in [3.8, 4) is 5.75 Å². The quantitative estimate of drug-likeness (QED) is 0.410. The van der Waals surface area contributed by atoms with E-state index in [4.69, 9.17) is 5.73 Å². The van der Waals surface area contributed by atoms with Crippen LogP contribution in [0.5, 0.6) is 5.75 Å². The summed E-state index contributed by atoms with van der Waals surface area (Å²) in [6, 6.07) is 2.59. The number of methoxy groups -OCH3 is 1. The topological polar surface area (TPSA) is 128 Å². The predicted octanol–water partition coefficient (Wildman–Crippen LogP) is 0.263. The highest BCUT2D eigenvalue weighted by molar-refractivity contribution is 6.02. The molecule has 1 aromatic carbocycles. The van der Waals surface area contributed by atoms with Crippen molar-refractivity contribution in [2.24, 2.45) is 0 Å². The van der Waals surface area contributed by atoms with E-state index in [9.17, 15) is 19.5 Å². The molecule has 8 nitrogen and oxygen atoms in total. The summed E-state index contributed by atoms with van der Waals surface area (Å²) in [4.78, 5) is 33.5. The summed E-state index contributed by atoms with van der Waals surface area (Å²) in [5.74, 6) is -2.63. The Balaban J connectivity index is 2.97. The maximum absolute atomic E-state index is 11.5. The van der Waals surface area contributed by atoms with Crippen LogP contribution in [0.2, 0.25) is 0 Å². The minimum atomic E-state index is -0.780. The van der Waals surface area contributed by atoms with Crippen LogP contribution >= 0.6 is 0 Å². The van der Waals surface area contributed by atoms with E-state index in [-0.39, 0.29) is 16.9 Å². The first-order chi connectivity index (χ1) is 9.36. The summed E-state index contributed by atoms with van der Waals surface area (Å²) < 4.78 is 8.96. The van der Waals surface area contributed by atoms with Crippen molar-refractivity contribution in [3.05, 3.63) is 17.7 Å². The number of carbonyl (C=O) groups excluding carboxylic acids is 3. The third kappa shape index (κ3) is 3.61. The predicted molar refractivity (Wildman–Crippen MR) is 69.1 cm³/mol. The Morgan fingerprint density at radius 2 is 2.00 bits per heavy atom. The third-order valence-electron chi connectivity index (χ3n) is 2.29. The fourth-order valence-corrected chi connectivity index (χ4v) is 1.36. The molecule has 0 saturated carbocycles. The second-order valence-corrected chi connectivity index (χ2v) is 3.75. The number of phenolic OH excluding ortho intramolecular Hbond substituents is 1. The number of hydrogen-bond donors (Lipinski definition) is 3. The number of nitrogen functional groups attached to an aromatic ring is 1. The van der Waals surface area contributed by atoms with Gasteiger partial charge in [0.25, 0.3) is 5.91 Å². The van der Waals surface area contributed by atoms with E-state index in [1.165, 1.54) is 12.1 Å². The van der Waals surface area contributed by atoms with Gasteiger partial charge in [-0.2, -0.15) is 0 Å². The maximum Gasteiger partial charge on any atom is 0.341 e. The summed E-state index contributed by atoms with van der Waals surface area (Å²) >= 11 is 0. The molecule has 0 fully saturated rings. The molecule has 0 aliphatic carbocycles. The number of nitrogens with two attached hydrogens (primary N) is 1. The molecular weight excluding hydrogens is 268 g/mol. The first-order valence-corrected chi connectivity index (χ1v) is 5.49. The molecule has 1 amide bonds. The van der Waals surface area contributed by atoms with Crippen LogP contribution in [0.25, 0.3) is 0 Å². The molecule has 0 spiro atoms. The van der Waals surface area contributed by atoms with Crippen LogP contribution in [0.3, 0.4) is 0 Å². The molecule has 0 radical (unpaired) electrons. The van der Waals surface area contributed by atoms with Crippen LogP contribution in [0.1, 0.15) is 17.3 Å². The highest BCUT2D eigenvalue weighted by Gasteiger charge is 2.19. The Morgan fingerprint density at radius 1 is 1.35 bits per heavy atom. The average Bonchev–Trinajstić information content (AvgIpc) is 2.40. The molecule has 8 heteroatoms. The van der Waals surface area contributed by atoms with E-state index in [0.717, 1.165) is 14.0 Å². The minimum Gasteiger partial charge on any atom is -0.505 e. The Labute approximate surface area is 114 Å². The van der Waals surface area contributed by atoms with Gasteiger partial charge in [-0.15, -0.1) is 0 Å². The Morgan fingerprint density at radius 3 is 2.55 bits per heavy atom. The smallest absolute Gasteiger partial charge is 0.341 e. The van der Waals surface area contributed by atoms with Gasteiger partial charge in [0.1, 0.15) is 11.3 Å². The van der Waals surface area contributed by atoms with Crippen LogP contribution in [-0.2, 0) is 19.1 Å². The molecule has 20 heavy (non-hydrogen) atoms. The van der Waals surface area contributed by atoms with E-state index < -0.39 is 30.2 Å². The lowest BCUT2D eigenvalue weighted by Gasteiger charge is -2.12. The molecular formula is C12H14N2O6. The molecule has 0 unspecified atom stereocenters. The summed E-state index contributed by atoms with van der Waals surface area (Å²) in [6.45, 7) is 0.619. The number of nitrogens with one attached hydrogen (secondary N) is 1. The Bertz CT molecular complexity index is 555. The van der Waals surface area contributed by atoms with Crippen LogP contribution < -0.4 is 11.1 Å². The van der Waals surface area contributed by atoms with E-state index in [0.29, 0.717) is 0 Å². The van der Waals surface area contributed by atoms with Crippen molar-refractivity contribution in [2.75, 3.05) is 24.8 Å². The number of hydrogen-bond acceptors (Lipinski definition) is 7. The van der Waals surface area contributed by atoms with Crippen molar-refractivity contribution in [3.63, 3.8) is 0 Å². The maximum atomic E-state index is 11.5. The summed E-state index contributed by atoms with van der Waals surface area (Å²) in [7, 11) is 1.15. The number of benzene rings is 1. The standard InChI is InChI=1S/C12H14N2O6/c1-6(15)20-5-9(16)14-10-8(13)4-3-7(11(10)17)12(18)19-2/h3-4,17H,5,13H2,1-2H3,(H,14,16).